The van der Waals surface area contributed by atoms with E-state index in [4.69, 9.17) is 23.2 Å². The van der Waals surface area contributed by atoms with Crippen LogP contribution in [-0.4, -0.2) is 16.9 Å². The number of ether oxygens (including phenoxy) is 1. The molecule has 0 aromatic heterocycles. The Bertz CT molecular complexity index is 151. The van der Waals surface area contributed by atoms with Crippen molar-refractivity contribution < 1.29 is 9.53 Å². The Morgan fingerprint density at radius 1 is 1.50 bits per heavy atom. The van der Waals surface area contributed by atoms with Crippen LogP contribution in [0.5, 0.6) is 0 Å². The van der Waals surface area contributed by atoms with Crippen LogP contribution in [0.25, 0.3) is 0 Å². The molecule has 10 heavy (non-hydrogen) atoms. The molecular formula is C6H8Cl2O2. The third kappa shape index (κ3) is 0.823. The van der Waals surface area contributed by atoms with Gasteiger partial charge in [0.05, 0.1) is 0 Å². The third-order valence-corrected chi connectivity index (χ3v) is 3.32. The molecule has 0 aromatic carbocycles. The molecule has 0 aliphatic heterocycles. The number of hydrogen-bond donors (Lipinski definition) is 0. The van der Waals surface area contributed by atoms with E-state index in [0.717, 1.165) is 0 Å². The molecule has 1 fully saturated rings. The normalized spacial score (nSPS) is 33.0. The first kappa shape index (κ1) is 8.15. The maximum atomic E-state index is 9.89. The van der Waals surface area contributed by atoms with E-state index in [0.29, 0.717) is 6.47 Å². The zero-order valence-electron chi connectivity index (χ0n) is 5.73. The lowest BCUT2D eigenvalue weighted by Gasteiger charge is -1.97. The SMILES string of the molecule is CC1(C)C(OC=O)C1(Cl)Cl. The van der Waals surface area contributed by atoms with Crippen LogP contribution in [0.2, 0.25) is 0 Å². The fourth-order valence-electron chi connectivity index (χ4n) is 0.925. The standard InChI is InChI=1S/C6H8Cl2O2/c1-5(2)4(10-3-9)6(5,7)8/h3-4H,1-2H3. The summed E-state index contributed by atoms with van der Waals surface area (Å²) in [7, 11) is 0. The Morgan fingerprint density at radius 3 is 2.00 bits per heavy atom. The molecule has 0 heterocycles. The fourth-order valence-corrected chi connectivity index (χ4v) is 1.66. The topological polar surface area (TPSA) is 26.3 Å². The zero-order chi connectivity index (χ0) is 7.99. The van der Waals surface area contributed by atoms with Crippen LogP contribution in [0, 0.1) is 5.41 Å². The first-order chi connectivity index (χ1) is 4.44. The van der Waals surface area contributed by atoms with Gasteiger partial charge in [-0.3, -0.25) is 4.79 Å². The largest absolute Gasteiger partial charge is 0.461 e. The van der Waals surface area contributed by atoms with Crippen LogP contribution >= 0.6 is 23.2 Å². The van der Waals surface area contributed by atoms with Gasteiger partial charge < -0.3 is 4.74 Å². The number of alkyl halides is 2. The summed E-state index contributed by atoms with van der Waals surface area (Å²) in [5.74, 6) is 0. The minimum atomic E-state index is -0.895. The summed E-state index contributed by atoms with van der Waals surface area (Å²) in [5.41, 5.74) is -0.309. The van der Waals surface area contributed by atoms with E-state index in [1.165, 1.54) is 0 Å². The van der Waals surface area contributed by atoms with Gasteiger partial charge in [0.1, 0.15) is 6.10 Å². The Kier molecular flexibility index (Phi) is 1.64. The molecule has 58 valence electrons. The Morgan fingerprint density at radius 2 is 1.90 bits per heavy atom. The van der Waals surface area contributed by atoms with Gasteiger partial charge in [-0.2, -0.15) is 0 Å². The summed E-state index contributed by atoms with van der Waals surface area (Å²) in [6, 6.07) is 0. The monoisotopic (exact) mass is 182 g/mol. The average molecular weight is 183 g/mol. The number of rotatable bonds is 2. The van der Waals surface area contributed by atoms with Crippen molar-refractivity contribution in [3.63, 3.8) is 0 Å². The molecule has 1 rings (SSSR count). The van der Waals surface area contributed by atoms with Crippen molar-refractivity contribution in [1.82, 2.24) is 0 Å². The van der Waals surface area contributed by atoms with Crippen molar-refractivity contribution >= 4 is 29.7 Å². The molecule has 0 bridgehead atoms. The van der Waals surface area contributed by atoms with Crippen LogP contribution < -0.4 is 0 Å². The number of halogens is 2. The first-order valence-electron chi connectivity index (χ1n) is 2.91. The van der Waals surface area contributed by atoms with Gasteiger partial charge >= 0.3 is 0 Å². The molecule has 0 N–H and O–H groups in total. The maximum Gasteiger partial charge on any atom is 0.293 e. The van der Waals surface area contributed by atoms with Gasteiger partial charge in [0, 0.05) is 5.41 Å². The highest BCUT2D eigenvalue weighted by molar-refractivity contribution is 6.52. The quantitative estimate of drug-likeness (QED) is 0.481. The van der Waals surface area contributed by atoms with Crippen LogP contribution in [0.15, 0.2) is 0 Å². The second-order valence-electron chi connectivity index (χ2n) is 2.96. The molecule has 0 saturated heterocycles. The van der Waals surface area contributed by atoms with E-state index in [1.54, 1.807) is 0 Å². The minimum absolute atomic E-state index is 0.309. The second kappa shape index (κ2) is 2.02. The van der Waals surface area contributed by atoms with Gasteiger partial charge in [0.15, 0.2) is 4.33 Å². The van der Waals surface area contributed by atoms with Crippen molar-refractivity contribution in [3.05, 3.63) is 0 Å². The molecule has 0 radical (unpaired) electrons. The van der Waals surface area contributed by atoms with Gasteiger partial charge in [-0.05, 0) is 0 Å². The van der Waals surface area contributed by atoms with Crippen LogP contribution in [-0.2, 0) is 9.53 Å². The smallest absolute Gasteiger partial charge is 0.293 e. The molecular weight excluding hydrogens is 175 g/mol. The summed E-state index contributed by atoms with van der Waals surface area (Å²) >= 11 is 11.5. The molecule has 4 heteroatoms. The summed E-state index contributed by atoms with van der Waals surface area (Å²) < 4.78 is 3.74. The van der Waals surface area contributed by atoms with Crippen molar-refractivity contribution in [2.45, 2.75) is 24.3 Å². The lowest BCUT2D eigenvalue weighted by Crippen LogP contribution is -1.99. The zero-order valence-corrected chi connectivity index (χ0v) is 7.24. The number of hydrogen-bond acceptors (Lipinski definition) is 2. The molecule has 0 spiro atoms. The lowest BCUT2D eigenvalue weighted by molar-refractivity contribution is -0.130. The van der Waals surface area contributed by atoms with Gasteiger partial charge in [-0.1, -0.05) is 37.0 Å². The van der Waals surface area contributed by atoms with Crippen molar-refractivity contribution in [2.75, 3.05) is 0 Å². The van der Waals surface area contributed by atoms with E-state index in [9.17, 15) is 4.79 Å². The highest BCUT2D eigenvalue weighted by Crippen LogP contribution is 2.64. The number of carbonyl (C=O) groups excluding carboxylic acids is 1. The first-order valence-corrected chi connectivity index (χ1v) is 3.67. The predicted molar refractivity (Wildman–Crippen MR) is 39.2 cm³/mol. The molecule has 1 atom stereocenters. The minimum Gasteiger partial charge on any atom is -0.461 e. The molecule has 0 aromatic rings. The van der Waals surface area contributed by atoms with E-state index in [-0.39, 0.29) is 11.5 Å². The predicted octanol–water partition coefficient (Wildman–Crippen LogP) is 1.74. The second-order valence-corrected chi connectivity index (χ2v) is 4.34. The van der Waals surface area contributed by atoms with Crippen molar-refractivity contribution in [3.8, 4) is 0 Å². The Hall–Kier alpha value is 0.0500. The summed E-state index contributed by atoms with van der Waals surface area (Å²) in [4.78, 5) is 9.89. The molecule has 2 nitrogen and oxygen atoms in total. The highest BCUT2D eigenvalue weighted by Gasteiger charge is 2.73. The summed E-state index contributed by atoms with van der Waals surface area (Å²) in [5, 5.41) is 0. The average Bonchev–Trinajstić information content (AvgIpc) is 2.13. The van der Waals surface area contributed by atoms with Crippen LogP contribution in [0.4, 0.5) is 0 Å². The van der Waals surface area contributed by atoms with Gasteiger partial charge in [-0.25, -0.2) is 0 Å². The van der Waals surface area contributed by atoms with E-state index >= 15 is 0 Å². The van der Waals surface area contributed by atoms with Crippen LogP contribution in [0.3, 0.4) is 0 Å². The van der Waals surface area contributed by atoms with E-state index < -0.39 is 4.33 Å². The van der Waals surface area contributed by atoms with Gasteiger partial charge in [0.25, 0.3) is 6.47 Å². The fraction of sp³-hybridized carbons (Fsp3) is 0.833. The molecule has 0 amide bonds. The molecule has 1 aliphatic carbocycles. The van der Waals surface area contributed by atoms with E-state index in [2.05, 4.69) is 4.74 Å². The van der Waals surface area contributed by atoms with Crippen molar-refractivity contribution in [2.24, 2.45) is 5.41 Å². The van der Waals surface area contributed by atoms with Gasteiger partial charge in [-0.15, -0.1) is 0 Å². The Labute approximate surface area is 69.4 Å². The third-order valence-electron chi connectivity index (χ3n) is 1.95. The molecule has 1 unspecified atom stereocenters. The number of carbonyl (C=O) groups is 1. The van der Waals surface area contributed by atoms with Crippen LogP contribution in [0.1, 0.15) is 13.8 Å². The van der Waals surface area contributed by atoms with Gasteiger partial charge in [0.2, 0.25) is 0 Å². The van der Waals surface area contributed by atoms with E-state index in [1.807, 2.05) is 13.8 Å². The molecule has 1 saturated carbocycles. The molecule has 1 aliphatic rings. The maximum absolute atomic E-state index is 9.89. The lowest BCUT2D eigenvalue weighted by atomic mass is 10.2. The Balaban J connectivity index is 2.62. The highest BCUT2D eigenvalue weighted by atomic mass is 35.5. The summed E-state index contributed by atoms with van der Waals surface area (Å²) in [6.07, 6.45) is -0.360. The summed E-state index contributed by atoms with van der Waals surface area (Å²) in [6.45, 7) is 4.07. The van der Waals surface area contributed by atoms with Crippen molar-refractivity contribution in [1.29, 1.82) is 0 Å².